The summed E-state index contributed by atoms with van der Waals surface area (Å²) in [5.74, 6) is 0.414. The molecule has 8 nitrogen and oxygen atoms in total. The normalized spacial score (nSPS) is 19.9. The number of nitrogens with one attached hydrogen (secondary N) is 2. The van der Waals surface area contributed by atoms with Gasteiger partial charge < -0.3 is 14.8 Å². The van der Waals surface area contributed by atoms with E-state index in [9.17, 15) is 13.2 Å². The number of hydrogen-bond donors (Lipinski definition) is 2. The van der Waals surface area contributed by atoms with Gasteiger partial charge in [0.25, 0.3) is 5.91 Å². The molecule has 2 heterocycles. The van der Waals surface area contributed by atoms with Crippen molar-refractivity contribution >= 4 is 15.7 Å². The summed E-state index contributed by atoms with van der Waals surface area (Å²) in [4.78, 5) is 12.4. The molecule has 2 N–H and O–H groups in total. The van der Waals surface area contributed by atoms with Gasteiger partial charge in [-0.05, 0) is 50.5 Å². The van der Waals surface area contributed by atoms with E-state index in [-0.39, 0.29) is 12.0 Å². The van der Waals surface area contributed by atoms with Gasteiger partial charge in [0, 0.05) is 18.8 Å². The van der Waals surface area contributed by atoms with Crippen LogP contribution in [0.4, 0.5) is 0 Å². The van der Waals surface area contributed by atoms with Crippen LogP contribution in [-0.2, 0) is 14.6 Å². The lowest BCUT2D eigenvalue weighted by atomic mass is 10.1. The van der Waals surface area contributed by atoms with Gasteiger partial charge in [-0.1, -0.05) is 0 Å². The number of H-pyrrole nitrogens is 1. The number of carbonyl (C=O) groups is 1. The molecule has 1 aliphatic heterocycles. The molecule has 0 radical (unpaired) electrons. The number of aromatic nitrogens is 2. The van der Waals surface area contributed by atoms with Gasteiger partial charge >= 0.3 is 0 Å². The molecule has 1 aromatic carbocycles. The van der Waals surface area contributed by atoms with Gasteiger partial charge in [-0.15, -0.1) is 0 Å². The molecule has 1 aliphatic rings. The van der Waals surface area contributed by atoms with Crippen LogP contribution in [0.5, 0.6) is 5.75 Å². The van der Waals surface area contributed by atoms with E-state index in [2.05, 4.69) is 15.5 Å². The molecule has 152 valence electrons. The third-order valence-corrected chi connectivity index (χ3v) is 7.21. The second-order valence-corrected chi connectivity index (χ2v) is 9.04. The molecule has 1 saturated heterocycles. The first kappa shape index (κ1) is 20.3. The summed E-state index contributed by atoms with van der Waals surface area (Å²) in [6, 6.07) is 6.45. The van der Waals surface area contributed by atoms with Crippen LogP contribution in [0, 0.1) is 6.92 Å². The Kier molecular flexibility index (Phi) is 6.35. The highest BCUT2D eigenvalue weighted by Crippen LogP contribution is 2.28. The van der Waals surface area contributed by atoms with Crippen LogP contribution in [0.1, 0.15) is 35.3 Å². The summed E-state index contributed by atoms with van der Waals surface area (Å²) in [5, 5.41) is 8.89. The van der Waals surface area contributed by atoms with E-state index in [4.69, 9.17) is 9.47 Å². The topological polar surface area (TPSA) is 110 Å². The van der Waals surface area contributed by atoms with E-state index >= 15 is 0 Å². The molecule has 2 aromatic rings. The SMILES string of the molecule is COc1ccc(S(=O)(=O)[C@H]2CCO[C@H](CCNC(=O)c3cn[nH]c3C)C2)cc1. The predicted molar refractivity (Wildman–Crippen MR) is 103 cm³/mol. The summed E-state index contributed by atoms with van der Waals surface area (Å²) >= 11 is 0. The van der Waals surface area contributed by atoms with Crippen LogP contribution < -0.4 is 10.1 Å². The van der Waals surface area contributed by atoms with Gasteiger partial charge in [-0.25, -0.2) is 8.42 Å². The van der Waals surface area contributed by atoms with Gasteiger partial charge in [0.1, 0.15) is 5.75 Å². The Morgan fingerprint density at radius 1 is 1.36 bits per heavy atom. The second kappa shape index (κ2) is 8.74. The zero-order chi connectivity index (χ0) is 20.1. The molecule has 0 bridgehead atoms. The minimum atomic E-state index is -3.44. The first-order chi connectivity index (χ1) is 13.4. The number of rotatable bonds is 7. The smallest absolute Gasteiger partial charge is 0.254 e. The fourth-order valence-electron chi connectivity index (χ4n) is 3.31. The van der Waals surface area contributed by atoms with E-state index in [0.717, 1.165) is 0 Å². The predicted octanol–water partition coefficient (Wildman–Crippen LogP) is 1.87. The minimum Gasteiger partial charge on any atom is -0.497 e. The first-order valence-electron chi connectivity index (χ1n) is 9.19. The number of aromatic amines is 1. The van der Waals surface area contributed by atoms with Crippen molar-refractivity contribution < 1.29 is 22.7 Å². The second-order valence-electron chi connectivity index (χ2n) is 6.81. The molecule has 2 atom stereocenters. The molecular formula is C19H25N3O5S. The molecule has 0 saturated carbocycles. The van der Waals surface area contributed by atoms with E-state index in [1.165, 1.54) is 6.20 Å². The van der Waals surface area contributed by atoms with Gasteiger partial charge in [-0.2, -0.15) is 5.10 Å². The summed E-state index contributed by atoms with van der Waals surface area (Å²) in [6.07, 6.45) is 2.70. The summed E-state index contributed by atoms with van der Waals surface area (Å²) in [6.45, 7) is 2.57. The number of methoxy groups -OCH3 is 1. The molecule has 0 spiro atoms. The number of benzene rings is 1. The highest BCUT2D eigenvalue weighted by atomic mass is 32.2. The number of sulfone groups is 1. The fraction of sp³-hybridized carbons (Fsp3) is 0.474. The third-order valence-electron chi connectivity index (χ3n) is 4.97. The van der Waals surface area contributed by atoms with Crippen LogP contribution in [0.3, 0.4) is 0 Å². The minimum absolute atomic E-state index is 0.204. The number of ether oxygens (including phenoxy) is 2. The lowest BCUT2D eigenvalue weighted by Crippen LogP contribution is -2.36. The maximum absolute atomic E-state index is 12.9. The van der Waals surface area contributed by atoms with E-state index < -0.39 is 15.1 Å². The summed E-state index contributed by atoms with van der Waals surface area (Å²) in [5.41, 5.74) is 1.21. The van der Waals surface area contributed by atoms with E-state index in [0.29, 0.717) is 54.3 Å². The Morgan fingerprint density at radius 2 is 2.11 bits per heavy atom. The van der Waals surface area contributed by atoms with Crippen molar-refractivity contribution in [3.05, 3.63) is 41.7 Å². The van der Waals surface area contributed by atoms with Crippen LogP contribution in [0.25, 0.3) is 0 Å². The van der Waals surface area contributed by atoms with Crippen molar-refractivity contribution in [2.45, 2.75) is 42.4 Å². The highest BCUT2D eigenvalue weighted by molar-refractivity contribution is 7.92. The Morgan fingerprint density at radius 3 is 2.75 bits per heavy atom. The Hall–Kier alpha value is -2.39. The van der Waals surface area contributed by atoms with Gasteiger partial charge in [0.2, 0.25) is 0 Å². The number of carbonyl (C=O) groups excluding carboxylic acids is 1. The third kappa shape index (κ3) is 4.53. The van der Waals surface area contributed by atoms with E-state index in [1.807, 2.05) is 0 Å². The lowest BCUT2D eigenvalue weighted by molar-refractivity contribution is 0.0132. The zero-order valence-corrected chi connectivity index (χ0v) is 16.8. The molecule has 28 heavy (non-hydrogen) atoms. The monoisotopic (exact) mass is 407 g/mol. The van der Waals surface area contributed by atoms with Crippen LogP contribution in [0.2, 0.25) is 0 Å². The van der Waals surface area contributed by atoms with Crippen molar-refractivity contribution in [2.24, 2.45) is 0 Å². The first-order valence-corrected chi connectivity index (χ1v) is 10.7. The van der Waals surface area contributed by atoms with Gasteiger partial charge in [0.05, 0.1) is 35.1 Å². The summed E-state index contributed by atoms with van der Waals surface area (Å²) in [7, 11) is -1.90. The Labute approximate surface area is 164 Å². The fourth-order valence-corrected chi connectivity index (χ4v) is 5.08. The van der Waals surface area contributed by atoms with Crippen molar-refractivity contribution in [3.8, 4) is 5.75 Å². The number of hydrogen-bond acceptors (Lipinski definition) is 6. The quantitative estimate of drug-likeness (QED) is 0.725. The van der Waals surface area contributed by atoms with Crippen molar-refractivity contribution in [2.75, 3.05) is 20.3 Å². The molecule has 0 unspecified atom stereocenters. The molecular weight excluding hydrogens is 382 g/mol. The number of aryl methyl sites for hydroxylation is 1. The molecule has 1 aromatic heterocycles. The van der Waals surface area contributed by atoms with Gasteiger partial charge in [-0.3, -0.25) is 9.89 Å². The lowest BCUT2D eigenvalue weighted by Gasteiger charge is -2.29. The van der Waals surface area contributed by atoms with Crippen molar-refractivity contribution in [3.63, 3.8) is 0 Å². The van der Waals surface area contributed by atoms with Crippen LogP contribution in [0.15, 0.2) is 35.4 Å². The zero-order valence-electron chi connectivity index (χ0n) is 16.0. The largest absolute Gasteiger partial charge is 0.497 e. The maximum Gasteiger partial charge on any atom is 0.254 e. The summed E-state index contributed by atoms with van der Waals surface area (Å²) < 4.78 is 36.7. The van der Waals surface area contributed by atoms with Crippen molar-refractivity contribution in [1.82, 2.24) is 15.5 Å². The van der Waals surface area contributed by atoms with Crippen LogP contribution in [-0.4, -0.2) is 56.1 Å². The van der Waals surface area contributed by atoms with Crippen molar-refractivity contribution in [1.29, 1.82) is 0 Å². The van der Waals surface area contributed by atoms with Crippen LogP contribution >= 0.6 is 0 Å². The number of nitrogens with zero attached hydrogens (tertiary/aromatic N) is 1. The standard InChI is InChI=1S/C19H25N3O5S/c1-13-18(12-21-22-13)19(23)20-9-7-15-11-17(8-10-27-15)28(24,25)16-5-3-14(26-2)4-6-16/h3-6,12,15,17H,7-11H2,1-2H3,(H,20,23)(H,21,22)/t15-,17+/m1/s1. The molecule has 3 rings (SSSR count). The van der Waals surface area contributed by atoms with Gasteiger partial charge in [0.15, 0.2) is 9.84 Å². The average Bonchev–Trinajstić information content (AvgIpc) is 3.14. The highest BCUT2D eigenvalue weighted by Gasteiger charge is 2.33. The Bertz CT molecular complexity index is 908. The average molecular weight is 407 g/mol. The molecule has 0 aliphatic carbocycles. The number of amides is 1. The molecule has 9 heteroatoms. The molecule has 1 amide bonds. The van der Waals surface area contributed by atoms with E-state index in [1.54, 1.807) is 38.3 Å². The molecule has 1 fully saturated rings. The Balaban J connectivity index is 1.56. The maximum atomic E-state index is 12.9.